The first kappa shape index (κ1) is 20.1. The van der Waals surface area contributed by atoms with E-state index in [0.717, 1.165) is 40.6 Å². The molecule has 3 aromatic heterocycles. The first-order valence-electron chi connectivity index (χ1n) is 10.8. The number of hydrogen-bond donors (Lipinski definition) is 1. The Morgan fingerprint density at radius 1 is 1.31 bits per heavy atom. The van der Waals surface area contributed by atoms with E-state index in [1.54, 1.807) is 12.4 Å². The molecule has 0 unspecified atom stereocenters. The molecule has 0 saturated carbocycles. The van der Waals surface area contributed by atoms with Crippen molar-refractivity contribution in [3.8, 4) is 23.0 Å². The van der Waals surface area contributed by atoms with Gasteiger partial charge in [-0.1, -0.05) is 24.2 Å². The Hall–Kier alpha value is -2.55. The van der Waals surface area contributed by atoms with Crippen LogP contribution in [0.15, 0.2) is 45.7 Å². The number of aromatic nitrogens is 4. The highest BCUT2D eigenvalue weighted by Crippen LogP contribution is 2.51. The van der Waals surface area contributed by atoms with Crippen LogP contribution in [0.25, 0.3) is 33.9 Å². The lowest BCUT2D eigenvalue weighted by Gasteiger charge is -2.52. The van der Waals surface area contributed by atoms with Crippen LogP contribution in [0.5, 0.6) is 0 Å². The van der Waals surface area contributed by atoms with E-state index in [0.29, 0.717) is 17.6 Å². The second kappa shape index (κ2) is 7.23. The van der Waals surface area contributed by atoms with Gasteiger partial charge in [0.2, 0.25) is 5.82 Å². The largest absolute Gasteiger partial charge is 0.372 e. The second-order valence-corrected chi connectivity index (χ2v) is 10.00. The van der Waals surface area contributed by atoms with Gasteiger partial charge in [0.25, 0.3) is 5.89 Å². The number of piperidine rings is 1. The number of nitrogens with one attached hydrogen (secondary N) is 1. The van der Waals surface area contributed by atoms with E-state index in [1.807, 2.05) is 13.2 Å². The first-order chi connectivity index (χ1) is 15.5. The van der Waals surface area contributed by atoms with Crippen molar-refractivity contribution >= 4 is 26.8 Å². The lowest BCUT2D eigenvalue weighted by atomic mass is 9.68. The molecule has 164 valence electrons. The molecule has 4 aromatic rings. The summed E-state index contributed by atoms with van der Waals surface area (Å²) in [5.74, 6) is 1.57. The van der Waals surface area contributed by atoms with Crippen molar-refractivity contribution in [2.24, 2.45) is 5.92 Å². The fourth-order valence-electron chi connectivity index (χ4n) is 5.86. The highest BCUT2D eigenvalue weighted by Gasteiger charge is 2.51. The number of ether oxygens (including phenoxy) is 1. The van der Waals surface area contributed by atoms with Gasteiger partial charge in [0.1, 0.15) is 5.60 Å². The van der Waals surface area contributed by atoms with Crippen LogP contribution in [0.4, 0.5) is 0 Å². The number of H-pyrrole nitrogens is 1. The highest BCUT2D eigenvalue weighted by atomic mass is 79.9. The van der Waals surface area contributed by atoms with Gasteiger partial charge in [-0.3, -0.25) is 9.88 Å². The molecule has 7 nitrogen and oxygen atoms in total. The molecule has 6 rings (SSSR count). The van der Waals surface area contributed by atoms with Crippen molar-refractivity contribution in [3.63, 3.8) is 0 Å². The molecular formula is C24H24BrN5O2. The Balaban J connectivity index is 1.53. The molecule has 2 aliphatic rings. The molecule has 0 bridgehead atoms. The number of methoxy groups -OCH3 is 1. The lowest BCUT2D eigenvalue weighted by molar-refractivity contribution is -0.122. The maximum absolute atomic E-state index is 6.34. The molecular weight excluding hydrogens is 470 g/mol. The quantitative estimate of drug-likeness (QED) is 0.442. The summed E-state index contributed by atoms with van der Waals surface area (Å²) in [6.07, 6.45) is 5.33. The van der Waals surface area contributed by atoms with Crippen LogP contribution in [0.1, 0.15) is 24.5 Å². The van der Waals surface area contributed by atoms with E-state index in [9.17, 15) is 0 Å². The van der Waals surface area contributed by atoms with Crippen LogP contribution in [0, 0.1) is 5.92 Å². The summed E-state index contributed by atoms with van der Waals surface area (Å²) >= 11 is 3.45. The fraction of sp³-hybridized carbons (Fsp3) is 0.375. The zero-order valence-electron chi connectivity index (χ0n) is 18.2. The molecule has 0 amide bonds. The summed E-state index contributed by atoms with van der Waals surface area (Å²) in [7, 11) is 4.06. The van der Waals surface area contributed by atoms with E-state index in [4.69, 9.17) is 14.2 Å². The van der Waals surface area contributed by atoms with Gasteiger partial charge in [0, 0.05) is 47.5 Å². The zero-order valence-corrected chi connectivity index (χ0v) is 19.8. The molecule has 1 saturated heterocycles. The minimum absolute atomic E-state index is 0.247. The molecule has 4 heterocycles. The Bertz CT molecular complexity index is 1330. The molecule has 1 fully saturated rings. The van der Waals surface area contributed by atoms with Gasteiger partial charge in [-0.05, 0) is 65.0 Å². The summed E-state index contributed by atoms with van der Waals surface area (Å²) in [6, 6.07) is 8.61. The monoisotopic (exact) mass is 493 g/mol. The van der Waals surface area contributed by atoms with Gasteiger partial charge >= 0.3 is 0 Å². The molecule has 0 radical (unpaired) electrons. The Morgan fingerprint density at radius 3 is 3.00 bits per heavy atom. The summed E-state index contributed by atoms with van der Waals surface area (Å²) in [5, 5.41) is 5.55. The number of fused-ring (bicyclic) bond motifs is 2. The van der Waals surface area contributed by atoms with E-state index >= 15 is 0 Å². The average Bonchev–Trinajstić information content (AvgIpc) is 3.40. The maximum atomic E-state index is 6.34. The maximum Gasteiger partial charge on any atom is 0.259 e. The van der Waals surface area contributed by atoms with Crippen LogP contribution in [0.3, 0.4) is 0 Å². The van der Waals surface area contributed by atoms with Crippen LogP contribution in [-0.4, -0.2) is 51.8 Å². The molecule has 0 spiro atoms. The van der Waals surface area contributed by atoms with E-state index < -0.39 is 0 Å². The molecule has 1 aliphatic carbocycles. The number of aromatic amines is 1. The number of nitrogens with zero attached hydrogens (tertiary/aromatic N) is 4. The van der Waals surface area contributed by atoms with Crippen molar-refractivity contribution in [2.75, 3.05) is 20.7 Å². The fourth-order valence-corrected chi connectivity index (χ4v) is 6.23. The van der Waals surface area contributed by atoms with E-state index in [1.165, 1.54) is 16.5 Å². The predicted molar refractivity (Wildman–Crippen MR) is 125 cm³/mol. The lowest BCUT2D eigenvalue weighted by Crippen LogP contribution is -2.59. The molecule has 3 atom stereocenters. The van der Waals surface area contributed by atoms with Crippen molar-refractivity contribution in [2.45, 2.75) is 31.4 Å². The Morgan fingerprint density at radius 2 is 2.19 bits per heavy atom. The van der Waals surface area contributed by atoms with Gasteiger partial charge < -0.3 is 14.2 Å². The number of rotatable bonds is 3. The van der Waals surface area contributed by atoms with Crippen LogP contribution in [0.2, 0.25) is 0 Å². The minimum atomic E-state index is -0.317. The van der Waals surface area contributed by atoms with Crippen LogP contribution >= 0.6 is 15.9 Å². The number of likely N-dealkylation sites (N-methyl/N-ethyl adjacent to an activating group) is 1. The van der Waals surface area contributed by atoms with Crippen molar-refractivity contribution in [1.29, 1.82) is 0 Å². The van der Waals surface area contributed by atoms with Gasteiger partial charge in [-0.15, -0.1) is 0 Å². The molecule has 1 aromatic carbocycles. The average molecular weight is 494 g/mol. The normalized spacial score (nSPS) is 25.2. The summed E-state index contributed by atoms with van der Waals surface area (Å²) in [4.78, 5) is 14.9. The third-order valence-electron chi connectivity index (χ3n) is 7.07. The smallest absolute Gasteiger partial charge is 0.259 e. The number of benzene rings is 1. The first-order valence-corrected chi connectivity index (χ1v) is 11.6. The summed E-state index contributed by atoms with van der Waals surface area (Å²) in [5.41, 5.74) is 4.95. The SMILES string of the molecule is CO[C@]12C[C@@H](C)CN(C)[C@@H]1Cc1c(-c3noc(-c4cncc(Br)c4)n3)[nH]c3cccc2c13. The zero-order chi connectivity index (χ0) is 22.0. The highest BCUT2D eigenvalue weighted by molar-refractivity contribution is 9.10. The standard InChI is InChI=1S/C24H24BrN5O2/c1-13-9-24(31-3)17-5-4-6-18-20(17)16(8-19(24)30(2)12-13)21(27-18)22-28-23(32-29-22)14-7-15(25)11-26-10-14/h4-7,10-11,13,19,27H,8-9,12H2,1-3H3/t13-,19-,24+/m1/s1. The predicted octanol–water partition coefficient (Wildman–Crippen LogP) is 4.78. The topological polar surface area (TPSA) is 80.1 Å². The van der Waals surface area contributed by atoms with Crippen molar-refractivity contribution < 1.29 is 9.26 Å². The summed E-state index contributed by atoms with van der Waals surface area (Å²) in [6.45, 7) is 3.37. The van der Waals surface area contributed by atoms with Gasteiger partial charge in [-0.25, -0.2) is 0 Å². The van der Waals surface area contributed by atoms with Gasteiger partial charge in [-0.2, -0.15) is 4.98 Å². The number of likely N-dealkylation sites (tertiary alicyclic amines) is 1. The second-order valence-electron chi connectivity index (χ2n) is 9.08. The van der Waals surface area contributed by atoms with E-state index in [2.05, 4.69) is 68.1 Å². The van der Waals surface area contributed by atoms with Gasteiger partial charge in [0.05, 0.1) is 11.3 Å². The molecule has 1 N–H and O–H groups in total. The number of pyridine rings is 1. The third kappa shape index (κ3) is 2.82. The minimum Gasteiger partial charge on any atom is -0.372 e. The molecule has 32 heavy (non-hydrogen) atoms. The Labute approximate surface area is 194 Å². The molecule has 1 aliphatic heterocycles. The van der Waals surface area contributed by atoms with Crippen LogP contribution in [-0.2, 0) is 16.8 Å². The summed E-state index contributed by atoms with van der Waals surface area (Å²) < 4.78 is 12.8. The third-order valence-corrected chi connectivity index (χ3v) is 7.50. The van der Waals surface area contributed by atoms with E-state index in [-0.39, 0.29) is 11.6 Å². The van der Waals surface area contributed by atoms with Gasteiger partial charge in [0.15, 0.2) is 0 Å². The number of hydrogen-bond acceptors (Lipinski definition) is 6. The van der Waals surface area contributed by atoms with Crippen LogP contribution < -0.4 is 0 Å². The Kier molecular flexibility index (Phi) is 4.54. The van der Waals surface area contributed by atoms with Crippen molar-refractivity contribution in [1.82, 2.24) is 25.0 Å². The van der Waals surface area contributed by atoms with Crippen molar-refractivity contribution in [3.05, 3.63) is 52.3 Å². The number of halogens is 1. The molecule has 8 heteroatoms.